The first-order chi connectivity index (χ1) is 12.9. The van der Waals surface area contributed by atoms with Crippen LogP contribution in [0.2, 0.25) is 5.02 Å². The number of carbonyl (C=O) groups excluding carboxylic acids is 2. The molecule has 0 aromatic heterocycles. The topological polar surface area (TPSA) is 55.8 Å². The number of hydrogen-bond donors (Lipinski definition) is 0. The Morgan fingerprint density at radius 1 is 1.19 bits per heavy atom. The summed E-state index contributed by atoms with van der Waals surface area (Å²) in [7, 11) is 1.21. The molecule has 1 saturated heterocycles. The van der Waals surface area contributed by atoms with Crippen LogP contribution in [0.1, 0.15) is 16.8 Å². The normalized spacial score (nSPS) is 19.0. The van der Waals surface area contributed by atoms with Crippen LogP contribution >= 0.6 is 11.6 Å². The zero-order valence-corrected chi connectivity index (χ0v) is 15.1. The maximum atomic E-state index is 13.8. The minimum absolute atomic E-state index is 0.0280. The van der Waals surface area contributed by atoms with Crippen molar-refractivity contribution >= 4 is 23.5 Å². The third kappa shape index (κ3) is 4.03. The van der Waals surface area contributed by atoms with Crippen LogP contribution in [0.25, 0.3) is 0 Å². The number of nitrogens with zero attached hydrogens (tertiary/aromatic N) is 1. The molecule has 1 heterocycles. The van der Waals surface area contributed by atoms with E-state index in [-0.39, 0.29) is 29.3 Å². The average Bonchev–Trinajstić information content (AvgIpc) is 3.06. The van der Waals surface area contributed by atoms with E-state index in [9.17, 15) is 18.4 Å². The number of halogens is 3. The number of likely N-dealkylation sites (tertiary alicyclic amines) is 1. The molecule has 0 radical (unpaired) electrons. The van der Waals surface area contributed by atoms with Gasteiger partial charge in [0.2, 0.25) is 0 Å². The lowest BCUT2D eigenvalue weighted by atomic mass is 10.1. The van der Waals surface area contributed by atoms with Gasteiger partial charge in [-0.05, 0) is 30.3 Å². The molecule has 0 saturated carbocycles. The number of benzene rings is 2. The monoisotopic (exact) mass is 395 g/mol. The molecule has 1 aliphatic rings. The van der Waals surface area contributed by atoms with Gasteiger partial charge in [-0.1, -0.05) is 23.7 Å². The molecule has 0 N–H and O–H groups in total. The number of esters is 1. The van der Waals surface area contributed by atoms with E-state index in [0.29, 0.717) is 0 Å². The molecule has 5 nitrogen and oxygen atoms in total. The van der Waals surface area contributed by atoms with Gasteiger partial charge in [-0.3, -0.25) is 4.79 Å². The summed E-state index contributed by atoms with van der Waals surface area (Å²) in [6.45, 7) is 0.0284. The highest BCUT2D eigenvalue weighted by atomic mass is 35.5. The zero-order chi connectivity index (χ0) is 19.6. The number of amides is 1. The van der Waals surface area contributed by atoms with Gasteiger partial charge in [0.1, 0.15) is 18.0 Å². The predicted octanol–water partition coefficient (Wildman–Crippen LogP) is 3.45. The van der Waals surface area contributed by atoms with Gasteiger partial charge in [-0.2, -0.15) is 0 Å². The Labute approximate surface area is 159 Å². The highest BCUT2D eigenvalue weighted by molar-refractivity contribution is 6.33. The fourth-order valence-electron chi connectivity index (χ4n) is 3.00. The molecule has 3 rings (SSSR count). The highest BCUT2D eigenvalue weighted by Crippen LogP contribution is 2.28. The van der Waals surface area contributed by atoms with Crippen LogP contribution < -0.4 is 4.74 Å². The van der Waals surface area contributed by atoms with Crippen LogP contribution in [-0.2, 0) is 9.53 Å². The predicted molar refractivity (Wildman–Crippen MR) is 93.7 cm³/mol. The second-order valence-corrected chi connectivity index (χ2v) is 6.43. The zero-order valence-electron chi connectivity index (χ0n) is 14.3. The van der Waals surface area contributed by atoms with E-state index in [1.807, 2.05) is 0 Å². The summed E-state index contributed by atoms with van der Waals surface area (Å²) in [5.41, 5.74) is 0.0542. The molecule has 1 amide bonds. The lowest BCUT2D eigenvalue weighted by molar-refractivity contribution is -0.145. The Kier molecular flexibility index (Phi) is 5.60. The van der Waals surface area contributed by atoms with Crippen molar-refractivity contribution in [3.8, 4) is 5.75 Å². The molecule has 0 aliphatic carbocycles. The molecule has 0 bridgehead atoms. The van der Waals surface area contributed by atoms with E-state index in [1.165, 1.54) is 36.3 Å². The van der Waals surface area contributed by atoms with Crippen LogP contribution in [0.15, 0.2) is 42.5 Å². The molecule has 2 unspecified atom stereocenters. The SMILES string of the molecule is COC(=O)C1CC(Oc2ccccc2F)CN1C(=O)c1ccc(F)cc1Cl. The van der Waals surface area contributed by atoms with E-state index >= 15 is 0 Å². The van der Waals surface area contributed by atoms with E-state index < -0.39 is 35.7 Å². The van der Waals surface area contributed by atoms with Crippen LogP contribution in [0.3, 0.4) is 0 Å². The van der Waals surface area contributed by atoms with Crippen molar-refractivity contribution in [2.75, 3.05) is 13.7 Å². The first-order valence-corrected chi connectivity index (χ1v) is 8.53. The van der Waals surface area contributed by atoms with Gasteiger partial charge in [-0.15, -0.1) is 0 Å². The summed E-state index contributed by atoms with van der Waals surface area (Å²) >= 11 is 5.97. The third-order valence-electron chi connectivity index (χ3n) is 4.29. The van der Waals surface area contributed by atoms with Gasteiger partial charge < -0.3 is 14.4 Å². The quantitative estimate of drug-likeness (QED) is 0.744. The second-order valence-electron chi connectivity index (χ2n) is 6.03. The summed E-state index contributed by atoms with van der Waals surface area (Å²) in [6, 6.07) is 8.32. The molecule has 8 heteroatoms. The number of hydrogen-bond acceptors (Lipinski definition) is 4. The van der Waals surface area contributed by atoms with Crippen molar-refractivity contribution in [1.82, 2.24) is 4.90 Å². The van der Waals surface area contributed by atoms with Crippen molar-refractivity contribution in [1.29, 1.82) is 0 Å². The average molecular weight is 396 g/mol. The Hall–Kier alpha value is -2.67. The van der Waals surface area contributed by atoms with Crippen molar-refractivity contribution in [2.24, 2.45) is 0 Å². The standard InChI is InChI=1S/C19H16ClF2NO4/c1-26-19(25)16-9-12(27-17-5-3-2-4-15(17)22)10-23(16)18(24)13-7-6-11(21)8-14(13)20/h2-8,12,16H,9-10H2,1H3. The summed E-state index contributed by atoms with van der Waals surface area (Å²) in [4.78, 5) is 26.2. The molecule has 27 heavy (non-hydrogen) atoms. The minimum atomic E-state index is -0.916. The molecule has 2 aromatic carbocycles. The van der Waals surface area contributed by atoms with Crippen molar-refractivity contribution in [3.63, 3.8) is 0 Å². The van der Waals surface area contributed by atoms with Gasteiger partial charge in [0.25, 0.3) is 5.91 Å². The van der Waals surface area contributed by atoms with Gasteiger partial charge in [0, 0.05) is 6.42 Å². The maximum Gasteiger partial charge on any atom is 0.328 e. The van der Waals surface area contributed by atoms with Crippen molar-refractivity contribution < 1.29 is 27.8 Å². The summed E-state index contributed by atoms with van der Waals surface area (Å²) < 4.78 is 37.5. The summed E-state index contributed by atoms with van der Waals surface area (Å²) in [5, 5.41) is -0.0675. The van der Waals surface area contributed by atoms with Crippen LogP contribution in [-0.4, -0.2) is 42.6 Å². The number of ether oxygens (including phenoxy) is 2. The van der Waals surface area contributed by atoms with E-state index in [4.69, 9.17) is 21.1 Å². The van der Waals surface area contributed by atoms with E-state index in [0.717, 1.165) is 12.1 Å². The molecule has 0 spiro atoms. The van der Waals surface area contributed by atoms with Crippen LogP contribution in [0, 0.1) is 11.6 Å². The highest BCUT2D eigenvalue weighted by Gasteiger charge is 2.42. The number of methoxy groups -OCH3 is 1. The largest absolute Gasteiger partial charge is 0.485 e. The molecular formula is C19H16ClF2NO4. The first-order valence-electron chi connectivity index (χ1n) is 8.15. The molecule has 2 atom stereocenters. The Bertz CT molecular complexity index is 877. The number of para-hydroxylation sites is 1. The molecule has 2 aromatic rings. The molecule has 142 valence electrons. The smallest absolute Gasteiger partial charge is 0.328 e. The van der Waals surface area contributed by atoms with E-state index in [1.54, 1.807) is 6.07 Å². The van der Waals surface area contributed by atoms with Crippen molar-refractivity contribution in [3.05, 3.63) is 64.7 Å². The second kappa shape index (κ2) is 7.92. The third-order valence-corrected chi connectivity index (χ3v) is 4.60. The van der Waals surface area contributed by atoms with Gasteiger partial charge >= 0.3 is 5.97 Å². The fraction of sp³-hybridized carbons (Fsp3) is 0.263. The lowest BCUT2D eigenvalue weighted by Gasteiger charge is -2.22. The summed E-state index contributed by atoms with van der Waals surface area (Å²) in [5.74, 6) is -2.28. The van der Waals surface area contributed by atoms with Crippen LogP contribution in [0.4, 0.5) is 8.78 Å². The lowest BCUT2D eigenvalue weighted by Crippen LogP contribution is -2.41. The number of carbonyl (C=O) groups is 2. The Morgan fingerprint density at radius 2 is 1.93 bits per heavy atom. The Balaban J connectivity index is 1.84. The summed E-state index contributed by atoms with van der Waals surface area (Å²) in [6.07, 6.45) is -0.486. The molecule has 1 fully saturated rings. The van der Waals surface area contributed by atoms with Gasteiger partial charge in [-0.25, -0.2) is 13.6 Å². The first kappa shape index (κ1) is 19.1. The number of rotatable bonds is 4. The van der Waals surface area contributed by atoms with E-state index in [2.05, 4.69) is 0 Å². The maximum absolute atomic E-state index is 13.8. The molecular weight excluding hydrogens is 380 g/mol. The minimum Gasteiger partial charge on any atom is -0.485 e. The van der Waals surface area contributed by atoms with Gasteiger partial charge in [0.15, 0.2) is 11.6 Å². The van der Waals surface area contributed by atoms with Crippen LogP contribution in [0.5, 0.6) is 5.75 Å². The molecule has 1 aliphatic heterocycles. The Morgan fingerprint density at radius 3 is 2.59 bits per heavy atom. The fourth-order valence-corrected chi connectivity index (χ4v) is 3.25. The van der Waals surface area contributed by atoms with Crippen molar-refractivity contribution in [2.45, 2.75) is 18.6 Å². The van der Waals surface area contributed by atoms with Gasteiger partial charge in [0.05, 0.1) is 24.2 Å².